The van der Waals surface area contributed by atoms with Gasteiger partial charge in [0, 0.05) is 16.8 Å². The predicted octanol–water partition coefficient (Wildman–Crippen LogP) is 4.34. The summed E-state index contributed by atoms with van der Waals surface area (Å²) in [5.74, 6) is 1.43. The molecule has 6 nitrogen and oxygen atoms in total. The lowest BCUT2D eigenvalue weighted by atomic mass is 10.3. The fourth-order valence-electron chi connectivity index (χ4n) is 2.12. The van der Waals surface area contributed by atoms with Crippen LogP contribution in [0.15, 0.2) is 47.2 Å². The van der Waals surface area contributed by atoms with E-state index < -0.39 is 0 Å². The third-order valence-electron chi connectivity index (χ3n) is 3.37. The topological polar surface area (TPSA) is 80.3 Å². The molecular formula is C18H17N3O3S3. The molecule has 0 bridgehead atoms. The first kappa shape index (κ1) is 19.4. The molecule has 3 rings (SSSR count). The second kappa shape index (κ2) is 9.54. The van der Waals surface area contributed by atoms with Crippen LogP contribution >= 0.6 is 34.4 Å². The van der Waals surface area contributed by atoms with Crippen molar-refractivity contribution < 1.29 is 14.3 Å². The number of benzene rings is 1. The summed E-state index contributed by atoms with van der Waals surface area (Å²) >= 11 is 4.23. The number of thiophene rings is 1. The minimum absolute atomic E-state index is 0.0772. The Balaban J connectivity index is 1.41. The zero-order valence-electron chi connectivity index (χ0n) is 14.4. The minimum atomic E-state index is -0.155. The maximum absolute atomic E-state index is 12.0. The highest BCUT2D eigenvalue weighted by Gasteiger charge is 2.10. The Morgan fingerprint density at radius 1 is 1.15 bits per heavy atom. The van der Waals surface area contributed by atoms with Crippen LogP contribution in [-0.4, -0.2) is 29.7 Å². The lowest BCUT2D eigenvalue weighted by molar-refractivity contribution is -0.113. The van der Waals surface area contributed by atoms with Crippen LogP contribution in [0.3, 0.4) is 0 Å². The SMILES string of the molecule is COc1ccc(NC(=O)CSCc2csc(NC(=O)c3cccs3)n2)cc1. The lowest BCUT2D eigenvalue weighted by Crippen LogP contribution is -2.14. The quantitative estimate of drug-likeness (QED) is 0.568. The molecule has 3 aromatic rings. The van der Waals surface area contributed by atoms with Crippen molar-refractivity contribution in [3.05, 3.63) is 57.7 Å². The van der Waals surface area contributed by atoms with Crippen LogP contribution in [0, 0.1) is 0 Å². The van der Waals surface area contributed by atoms with Gasteiger partial charge in [-0.3, -0.25) is 14.9 Å². The third kappa shape index (κ3) is 5.81. The van der Waals surface area contributed by atoms with Gasteiger partial charge in [-0.2, -0.15) is 0 Å². The molecule has 0 saturated carbocycles. The second-order valence-corrected chi connectivity index (χ2v) is 8.14. The van der Waals surface area contributed by atoms with E-state index in [0.717, 1.165) is 17.1 Å². The molecule has 0 fully saturated rings. The third-order valence-corrected chi connectivity index (χ3v) is 6.02. The van der Waals surface area contributed by atoms with Crippen LogP contribution in [-0.2, 0) is 10.5 Å². The molecule has 2 heterocycles. The van der Waals surface area contributed by atoms with Gasteiger partial charge in [-0.05, 0) is 35.7 Å². The number of hydrogen-bond donors (Lipinski definition) is 2. The van der Waals surface area contributed by atoms with E-state index in [4.69, 9.17) is 4.74 Å². The number of aromatic nitrogens is 1. The largest absolute Gasteiger partial charge is 0.497 e. The summed E-state index contributed by atoms with van der Waals surface area (Å²) in [5, 5.41) is 9.93. The fraction of sp³-hybridized carbons (Fsp3) is 0.167. The fourth-order valence-corrected chi connectivity index (χ4v) is 4.26. The number of rotatable bonds is 8. The number of nitrogens with zero attached hydrogens (tertiary/aromatic N) is 1. The van der Waals surface area contributed by atoms with Gasteiger partial charge in [-0.25, -0.2) is 4.98 Å². The molecule has 140 valence electrons. The molecule has 0 spiro atoms. The lowest BCUT2D eigenvalue weighted by Gasteiger charge is -2.05. The van der Waals surface area contributed by atoms with E-state index in [0.29, 0.717) is 21.5 Å². The number of carbonyl (C=O) groups is 2. The number of methoxy groups -OCH3 is 1. The molecule has 9 heteroatoms. The van der Waals surface area contributed by atoms with Crippen LogP contribution < -0.4 is 15.4 Å². The Labute approximate surface area is 169 Å². The summed E-state index contributed by atoms with van der Waals surface area (Å²) < 4.78 is 5.09. The van der Waals surface area contributed by atoms with Crippen LogP contribution in [0.5, 0.6) is 5.75 Å². The minimum Gasteiger partial charge on any atom is -0.497 e. The van der Waals surface area contributed by atoms with E-state index in [2.05, 4.69) is 15.6 Å². The molecule has 0 atom stereocenters. The van der Waals surface area contributed by atoms with Crippen LogP contribution in [0.4, 0.5) is 10.8 Å². The van der Waals surface area contributed by atoms with Gasteiger partial charge in [0.25, 0.3) is 5.91 Å². The van der Waals surface area contributed by atoms with Crippen molar-refractivity contribution >= 4 is 57.1 Å². The van der Waals surface area contributed by atoms with Gasteiger partial charge in [-0.1, -0.05) is 6.07 Å². The maximum atomic E-state index is 12.0. The number of thiazole rings is 1. The number of amides is 2. The van der Waals surface area contributed by atoms with Crippen molar-refractivity contribution in [1.29, 1.82) is 0 Å². The van der Waals surface area contributed by atoms with Crippen molar-refractivity contribution in [2.45, 2.75) is 5.75 Å². The van der Waals surface area contributed by atoms with Crippen molar-refractivity contribution in [2.24, 2.45) is 0 Å². The summed E-state index contributed by atoms with van der Waals surface area (Å²) in [4.78, 5) is 29.0. The molecule has 2 amide bonds. The Bertz CT molecular complexity index is 892. The van der Waals surface area contributed by atoms with E-state index in [1.807, 2.05) is 16.8 Å². The molecule has 0 unspecified atom stereocenters. The van der Waals surface area contributed by atoms with Gasteiger partial charge in [0.2, 0.25) is 5.91 Å². The molecule has 0 aliphatic heterocycles. The standard InChI is InChI=1S/C18H17N3O3S3/c1-24-14-6-4-12(5-7-14)19-16(22)11-25-9-13-10-27-18(20-13)21-17(23)15-3-2-8-26-15/h2-8,10H,9,11H2,1H3,(H,19,22)(H,20,21,23). The average molecular weight is 420 g/mol. The Morgan fingerprint density at radius 2 is 1.96 bits per heavy atom. The van der Waals surface area contributed by atoms with Crippen LogP contribution in [0.2, 0.25) is 0 Å². The van der Waals surface area contributed by atoms with Crippen molar-refractivity contribution in [3.8, 4) is 5.75 Å². The summed E-state index contributed by atoms with van der Waals surface area (Å²) in [6.07, 6.45) is 0. The van der Waals surface area contributed by atoms with Crippen molar-refractivity contribution in [3.63, 3.8) is 0 Å². The van der Waals surface area contributed by atoms with Gasteiger partial charge in [0.1, 0.15) is 5.75 Å². The predicted molar refractivity (Wildman–Crippen MR) is 112 cm³/mol. The first-order chi connectivity index (χ1) is 13.1. The number of carbonyl (C=O) groups excluding carboxylic acids is 2. The molecule has 2 N–H and O–H groups in total. The molecule has 2 aromatic heterocycles. The van der Waals surface area contributed by atoms with Crippen LogP contribution in [0.1, 0.15) is 15.4 Å². The molecule has 0 aliphatic rings. The number of nitrogens with one attached hydrogen (secondary N) is 2. The second-order valence-electron chi connectivity index (χ2n) is 5.34. The number of thioether (sulfide) groups is 1. The summed E-state index contributed by atoms with van der Waals surface area (Å²) in [6, 6.07) is 10.8. The maximum Gasteiger partial charge on any atom is 0.267 e. The summed E-state index contributed by atoms with van der Waals surface area (Å²) in [7, 11) is 1.60. The summed E-state index contributed by atoms with van der Waals surface area (Å²) in [5.41, 5.74) is 1.57. The van der Waals surface area contributed by atoms with Gasteiger partial charge in [-0.15, -0.1) is 34.4 Å². The Hall–Kier alpha value is -2.36. The highest BCUT2D eigenvalue weighted by molar-refractivity contribution is 7.99. The highest BCUT2D eigenvalue weighted by Crippen LogP contribution is 2.21. The average Bonchev–Trinajstić information content (AvgIpc) is 3.34. The van der Waals surface area contributed by atoms with Crippen LogP contribution in [0.25, 0.3) is 0 Å². The smallest absolute Gasteiger partial charge is 0.267 e. The van der Waals surface area contributed by atoms with Gasteiger partial charge >= 0.3 is 0 Å². The molecular weight excluding hydrogens is 402 g/mol. The molecule has 0 aliphatic carbocycles. The number of ether oxygens (including phenoxy) is 1. The van der Waals surface area contributed by atoms with E-state index in [9.17, 15) is 9.59 Å². The first-order valence-corrected chi connectivity index (χ1v) is 10.9. The van der Waals surface area contributed by atoms with Gasteiger partial charge in [0.05, 0.1) is 23.4 Å². The Morgan fingerprint density at radius 3 is 2.67 bits per heavy atom. The molecule has 0 radical (unpaired) electrons. The highest BCUT2D eigenvalue weighted by atomic mass is 32.2. The first-order valence-electron chi connectivity index (χ1n) is 7.95. The zero-order chi connectivity index (χ0) is 19.1. The van der Waals surface area contributed by atoms with E-state index >= 15 is 0 Å². The van der Waals surface area contributed by atoms with Crippen molar-refractivity contribution in [1.82, 2.24) is 4.98 Å². The monoisotopic (exact) mass is 419 g/mol. The van der Waals surface area contributed by atoms with Crippen molar-refractivity contribution in [2.75, 3.05) is 23.5 Å². The summed E-state index contributed by atoms with van der Waals surface area (Å²) in [6.45, 7) is 0. The Kier molecular flexibility index (Phi) is 6.86. The van der Waals surface area contributed by atoms with E-state index in [1.54, 1.807) is 37.4 Å². The van der Waals surface area contributed by atoms with E-state index in [1.165, 1.54) is 34.4 Å². The van der Waals surface area contributed by atoms with E-state index in [-0.39, 0.29) is 11.8 Å². The number of anilines is 2. The normalized spacial score (nSPS) is 10.4. The molecule has 27 heavy (non-hydrogen) atoms. The molecule has 0 saturated heterocycles. The van der Waals surface area contributed by atoms with Gasteiger partial charge < -0.3 is 10.1 Å². The number of hydrogen-bond acceptors (Lipinski definition) is 7. The van der Waals surface area contributed by atoms with Gasteiger partial charge in [0.15, 0.2) is 5.13 Å². The molecule has 1 aromatic carbocycles. The zero-order valence-corrected chi connectivity index (χ0v) is 16.9.